The van der Waals surface area contributed by atoms with Gasteiger partial charge in [0.05, 0.1) is 11.7 Å². The molecule has 4 rings (SSSR count). The summed E-state index contributed by atoms with van der Waals surface area (Å²) in [5.41, 5.74) is 0.953. The molecule has 132 valence electrons. The van der Waals surface area contributed by atoms with Crippen molar-refractivity contribution in [1.29, 1.82) is 0 Å². The van der Waals surface area contributed by atoms with Gasteiger partial charge in [-0.15, -0.1) is 11.8 Å². The summed E-state index contributed by atoms with van der Waals surface area (Å²) >= 11 is 1.55. The summed E-state index contributed by atoms with van der Waals surface area (Å²) in [6, 6.07) is 13.6. The van der Waals surface area contributed by atoms with E-state index in [0.717, 1.165) is 5.75 Å². The van der Waals surface area contributed by atoms with Crippen LogP contribution in [0.5, 0.6) is 0 Å². The van der Waals surface area contributed by atoms with E-state index in [1.165, 1.54) is 16.9 Å². The minimum Gasteiger partial charge on any atom is -0.324 e. The van der Waals surface area contributed by atoms with E-state index >= 15 is 0 Å². The molecule has 0 spiro atoms. The van der Waals surface area contributed by atoms with E-state index in [2.05, 4.69) is 5.10 Å². The molecule has 0 radical (unpaired) electrons. The third-order valence-electron chi connectivity index (χ3n) is 4.43. The zero-order valence-corrected chi connectivity index (χ0v) is 14.7. The number of nitrogens with zero attached hydrogens (tertiary/aromatic N) is 3. The molecule has 1 aliphatic heterocycles. The SMILES string of the molecule is O=C(Cn1ncc(=O)c2ccccc21)N1CCS[C@H]1c1ccccc1F. The van der Waals surface area contributed by atoms with Crippen LogP contribution in [-0.2, 0) is 11.3 Å². The Balaban J connectivity index is 1.64. The number of fused-ring (bicyclic) bond motifs is 1. The lowest BCUT2D eigenvalue weighted by molar-refractivity contribution is -0.132. The van der Waals surface area contributed by atoms with Crippen LogP contribution in [0.25, 0.3) is 10.9 Å². The van der Waals surface area contributed by atoms with Gasteiger partial charge in [0.2, 0.25) is 11.3 Å². The quantitative estimate of drug-likeness (QED) is 0.712. The molecule has 1 aromatic heterocycles. The maximum atomic E-state index is 14.2. The maximum Gasteiger partial charge on any atom is 0.245 e. The van der Waals surface area contributed by atoms with E-state index in [9.17, 15) is 14.0 Å². The molecule has 3 aromatic rings. The Morgan fingerprint density at radius 3 is 2.81 bits per heavy atom. The van der Waals surface area contributed by atoms with Gasteiger partial charge in [-0.3, -0.25) is 14.3 Å². The van der Waals surface area contributed by atoms with Crippen molar-refractivity contribution in [2.45, 2.75) is 11.9 Å². The Labute approximate surface area is 153 Å². The molecular weight excluding hydrogens is 353 g/mol. The summed E-state index contributed by atoms with van der Waals surface area (Å²) < 4.78 is 15.7. The number of aromatic nitrogens is 2. The Bertz CT molecular complexity index is 1040. The van der Waals surface area contributed by atoms with Crippen molar-refractivity contribution in [3.8, 4) is 0 Å². The Morgan fingerprint density at radius 2 is 1.96 bits per heavy atom. The first-order valence-corrected chi connectivity index (χ1v) is 9.30. The van der Waals surface area contributed by atoms with Crippen LogP contribution >= 0.6 is 11.8 Å². The highest BCUT2D eigenvalue weighted by atomic mass is 32.2. The van der Waals surface area contributed by atoms with Gasteiger partial charge in [0.1, 0.15) is 17.7 Å². The fraction of sp³-hybridized carbons (Fsp3) is 0.211. The second kappa shape index (κ2) is 6.92. The van der Waals surface area contributed by atoms with Gasteiger partial charge in [-0.1, -0.05) is 30.3 Å². The van der Waals surface area contributed by atoms with Crippen molar-refractivity contribution in [3.63, 3.8) is 0 Å². The third kappa shape index (κ3) is 2.99. The highest BCUT2D eigenvalue weighted by Crippen LogP contribution is 2.39. The lowest BCUT2D eigenvalue weighted by Crippen LogP contribution is -2.34. The third-order valence-corrected chi connectivity index (χ3v) is 5.67. The summed E-state index contributed by atoms with van der Waals surface area (Å²) in [6.45, 7) is 0.562. The number of thioether (sulfide) groups is 1. The van der Waals surface area contributed by atoms with Crippen LogP contribution in [0.3, 0.4) is 0 Å². The topological polar surface area (TPSA) is 55.2 Å². The van der Waals surface area contributed by atoms with Gasteiger partial charge in [-0.05, 0) is 18.2 Å². The van der Waals surface area contributed by atoms with Crippen LogP contribution in [0.15, 0.2) is 59.5 Å². The molecule has 0 N–H and O–H groups in total. The van der Waals surface area contributed by atoms with Gasteiger partial charge in [0.25, 0.3) is 0 Å². The number of halogens is 1. The first-order chi connectivity index (χ1) is 12.6. The van der Waals surface area contributed by atoms with E-state index < -0.39 is 0 Å². The number of rotatable bonds is 3. The molecule has 2 heterocycles. The normalized spacial score (nSPS) is 17.0. The van der Waals surface area contributed by atoms with Crippen molar-refractivity contribution in [2.75, 3.05) is 12.3 Å². The van der Waals surface area contributed by atoms with Gasteiger partial charge in [-0.2, -0.15) is 5.10 Å². The van der Waals surface area contributed by atoms with Crippen LogP contribution < -0.4 is 5.43 Å². The van der Waals surface area contributed by atoms with E-state index in [0.29, 0.717) is 23.0 Å². The first kappa shape index (κ1) is 16.8. The molecule has 0 saturated carbocycles. The Hall–Kier alpha value is -2.67. The fourth-order valence-corrected chi connectivity index (χ4v) is 4.46. The summed E-state index contributed by atoms with van der Waals surface area (Å²) in [7, 11) is 0. The summed E-state index contributed by atoms with van der Waals surface area (Å²) in [6.07, 6.45) is 1.22. The molecule has 2 aromatic carbocycles. The van der Waals surface area contributed by atoms with Crippen molar-refractivity contribution < 1.29 is 9.18 Å². The average Bonchev–Trinajstić information content (AvgIpc) is 3.14. The highest BCUT2D eigenvalue weighted by Gasteiger charge is 2.32. The molecule has 1 fully saturated rings. The standard InChI is InChI=1S/C19H16FN3O2S/c20-15-7-3-1-5-13(15)19-22(9-10-26-19)18(25)12-23-16-8-4-2-6-14(16)17(24)11-21-23/h1-8,11,19H,9-10,12H2/t19-/m0/s1. The Kier molecular flexibility index (Phi) is 4.46. The number of carbonyl (C=O) groups excluding carboxylic acids is 1. The molecule has 1 atom stereocenters. The summed E-state index contributed by atoms with van der Waals surface area (Å²) in [4.78, 5) is 26.5. The van der Waals surface area contributed by atoms with E-state index in [-0.39, 0.29) is 29.1 Å². The summed E-state index contributed by atoms with van der Waals surface area (Å²) in [5, 5.41) is 4.30. The number of para-hydroxylation sites is 1. The highest BCUT2D eigenvalue weighted by molar-refractivity contribution is 7.99. The number of benzene rings is 2. The predicted octanol–water partition coefficient (Wildman–Crippen LogP) is 2.81. The smallest absolute Gasteiger partial charge is 0.245 e. The molecule has 7 heteroatoms. The first-order valence-electron chi connectivity index (χ1n) is 8.25. The molecule has 0 unspecified atom stereocenters. The molecule has 1 aliphatic rings. The second-order valence-electron chi connectivity index (χ2n) is 6.02. The largest absolute Gasteiger partial charge is 0.324 e. The molecular formula is C19H16FN3O2S. The van der Waals surface area contributed by atoms with Crippen molar-refractivity contribution >= 4 is 28.6 Å². The van der Waals surface area contributed by atoms with Crippen molar-refractivity contribution in [3.05, 3.63) is 76.3 Å². The molecule has 0 bridgehead atoms. The summed E-state index contributed by atoms with van der Waals surface area (Å²) in [5.74, 6) is 0.296. The monoisotopic (exact) mass is 369 g/mol. The van der Waals surface area contributed by atoms with Gasteiger partial charge >= 0.3 is 0 Å². The lowest BCUT2D eigenvalue weighted by atomic mass is 10.2. The van der Waals surface area contributed by atoms with Crippen LogP contribution in [0, 0.1) is 5.82 Å². The van der Waals surface area contributed by atoms with E-state index in [1.54, 1.807) is 59.1 Å². The number of carbonyl (C=O) groups is 1. The van der Waals surface area contributed by atoms with Crippen LogP contribution in [0.4, 0.5) is 4.39 Å². The lowest BCUT2D eigenvalue weighted by Gasteiger charge is -2.25. The minimum absolute atomic E-state index is 0.00626. The molecule has 1 saturated heterocycles. The maximum absolute atomic E-state index is 14.2. The van der Waals surface area contributed by atoms with Gasteiger partial charge < -0.3 is 4.90 Å². The van der Waals surface area contributed by atoms with Gasteiger partial charge in [0, 0.05) is 23.2 Å². The molecule has 26 heavy (non-hydrogen) atoms. The second-order valence-corrected chi connectivity index (χ2v) is 7.20. The average molecular weight is 369 g/mol. The minimum atomic E-state index is -0.339. The molecule has 5 nitrogen and oxygen atoms in total. The van der Waals surface area contributed by atoms with Crippen LogP contribution in [0.2, 0.25) is 0 Å². The fourth-order valence-electron chi connectivity index (χ4n) is 3.16. The van der Waals surface area contributed by atoms with Crippen molar-refractivity contribution in [1.82, 2.24) is 14.7 Å². The van der Waals surface area contributed by atoms with Crippen LogP contribution in [0.1, 0.15) is 10.9 Å². The molecule has 0 aliphatic carbocycles. The predicted molar refractivity (Wildman–Crippen MR) is 99.3 cm³/mol. The molecule has 1 amide bonds. The number of hydrogen-bond donors (Lipinski definition) is 0. The van der Waals surface area contributed by atoms with Gasteiger partial charge in [0.15, 0.2) is 0 Å². The number of hydrogen-bond acceptors (Lipinski definition) is 4. The Morgan fingerprint density at radius 1 is 1.19 bits per heavy atom. The van der Waals surface area contributed by atoms with E-state index in [1.807, 2.05) is 0 Å². The van der Waals surface area contributed by atoms with Crippen molar-refractivity contribution in [2.24, 2.45) is 0 Å². The zero-order chi connectivity index (χ0) is 18.1. The van der Waals surface area contributed by atoms with Gasteiger partial charge in [-0.25, -0.2) is 4.39 Å². The van der Waals surface area contributed by atoms with Crippen LogP contribution in [-0.4, -0.2) is 32.9 Å². The van der Waals surface area contributed by atoms with E-state index in [4.69, 9.17) is 0 Å². The zero-order valence-electron chi connectivity index (χ0n) is 13.8. The number of amides is 1.